The molecular weight excluding hydrogens is 264 g/mol. The van der Waals surface area contributed by atoms with Crippen LogP contribution in [0, 0.1) is 5.41 Å². The van der Waals surface area contributed by atoms with Crippen molar-refractivity contribution in [2.75, 3.05) is 18.8 Å². The van der Waals surface area contributed by atoms with Gasteiger partial charge in [0, 0.05) is 18.7 Å². The Bertz CT molecular complexity index is 526. The van der Waals surface area contributed by atoms with Crippen molar-refractivity contribution in [2.24, 2.45) is 5.41 Å². The SMILES string of the molecule is Nc1ccc(C(=O)N2CCC3(CCCCC3)CC2)cc1O. The Morgan fingerprint density at radius 3 is 2.38 bits per heavy atom. The van der Waals surface area contributed by atoms with Gasteiger partial charge in [-0.15, -0.1) is 0 Å². The number of amides is 1. The van der Waals surface area contributed by atoms with Gasteiger partial charge in [0.15, 0.2) is 0 Å². The molecule has 1 saturated heterocycles. The summed E-state index contributed by atoms with van der Waals surface area (Å²) in [5.74, 6) is -0.00225. The summed E-state index contributed by atoms with van der Waals surface area (Å²) in [6.45, 7) is 1.67. The molecule has 1 spiro atoms. The number of hydrogen-bond acceptors (Lipinski definition) is 3. The molecule has 4 nitrogen and oxygen atoms in total. The van der Waals surface area contributed by atoms with E-state index in [9.17, 15) is 9.90 Å². The van der Waals surface area contributed by atoms with Crippen LogP contribution in [0.25, 0.3) is 0 Å². The van der Waals surface area contributed by atoms with Crippen molar-refractivity contribution >= 4 is 11.6 Å². The molecule has 1 heterocycles. The van der Waals surface area contributed by atoms with E-state index in [4.69, 9.17) is 5.73 Å². The fourth-order valence-electron chi connectivity index (χ4n) is 3.85. The Morgan fingerprint density at radius 1 is 1.10 bits per heavy atom. The van der Waals surface area contributed by atoms with Crippen molar-refractivity contribution in [3.63, 3.8) is 0 Å². The first-order valence-corrected chi connectivity index (χ1v) is 7.97. The van der Waals surface area contributed by atoms with Crippen LogP contribution in [0.5, 0.6) is 5.75 Å². The number of anilines is 1. The maximum absolute atomic E-state index is 12.5. The predicted molar refractivity (Wildman–Crippen MR) is 83.2 cm³/mol. The Morgan fingerprint density at radius 2 is 1.76 bits per heavy atom. The molecule has 114 valence electrons. The van der Waals surface area contributed by atoms with E-state index in [1.54, 1.807) is 12.1 Å². The molecule has 2 aliphatic rings. The van der Waals surface area contributed by atoms with E-state index >= 15 is 0 Å². The summed E-state index contributed by atoms with van der Waals surface area (Å²) in [7, 11) is 0. The van der Waals surface area contributed by atoms with E-state index in [-0.39, 0.29) is 11.7 Å². The van der Waals surface area contributed by atoms with Crippen molar-refractivity contribution < 1.29 is 9.90 Å². The molecule has 0 unspecified atom stereocenters. The number of phenols is 1. The molecule has 1 aliphatic heterocycles. The average molecular weight is 288 g/mol. The van der Waals surface area contributed by atoms with Gasteiger partial charge in [0.05, 0.1) is 5.69 Å². The second-order valence-corrected chi connectivity index (χ2v) is 6.63. The van der Waals surface area contributed by atoms with Crippen LogP contribution in [0.2, 0.25) is 0 Å². The average Bonchev–Trinajstić information content (AvgIpc) is 2.51. The third-order valence-electron chi connectivity index (χ3n) is 5.30. The third-order valence-corrected chi connectivity index (χ3v) is 5.30. The van der Waals surface area contributed by atoms with Gasteiger partial charge in [-0.25, -0.2) is 0 Å². The largest absolute Gasteiger partial charge is 0.506 e. The second-order valence-electron chi connectivity index (χ2n) is 6.63. The van der Waals surface area contributed by atoms with Gasteiger partial charge in [-0.05, 0) is 49.3 Å². The minimum absolute atomic E-state index is 0.0101. The topological polar surface area (TPSA) is 66.6 Å². The fourth-order valence-corrected chi connectivity index (χ4v) is 3.85. The molecule has 1 saturated carbocycles. The van der Waals surface area contributed by atoms with Crippen molar-refractivity contribution in [3.05, 3.63) is 23.8 Å². The van der Waals surface area contributed by atoms with Crippen LogP contribution >= 0.6 is 0 Å². The summed E-state index contributed by atoms with van der Waals surface area (Å²) in [6.07, 6.45) is 8.98. The Kier molecular flexibility index (Phi) is 3.79. The molecule has 21 heavy (non-hydrogen) atoms. The standard InChI is InChI=1S/C17H24N2O2/c18-14-5-4-13(12-15(14)20)16(21)19-10-8-17(9-11-19)6-2-1-3-7-17/h4-5,12,20H,1-3,6-11,18H2. The number of nitrogen functional groups attached to an aromatic ring is 1. The first kappa shape index (κ1) is 14.2. The lowest BCUT2D eigenvalue weighted by Gasteiger charge is -2.44. The number of hydrogen-bond donors (Lipinski definition) is 2. The number of carbonyl (C=O) groups is 1. The normalized spacial score (nSPS) is 21.4. The minimum Gasteiger partial charge on any atom is -0.506 e. The number of piperidine rings is 1. The van der Waals surface area contributed by atoms with E-state index in [2.05, 4.69) is 0 Å². The second kappa shape index (κ2) is 5.58. The van der Waals surface area contributed by atoms with Gasteiger partial charge in [-0.1, -0.05) is 19.3 Å². The predicted octanol–water partition coefficient (Wildman–Crippen LogP) is 3.16. The molecule has 3 N–H and O–H groups in total. The quantitative estimate of drug-likeness (QED) is 0.616. The highest BCUT2D eigenvalue weighted by molar-refractivity contribution is 5.95. The highest BCUT2D eigenvalue weighted by atomic mass is 16.3. The number of rotatable bonds is 1. The molecule has 2 fully saturated rings. The van der Waals surface area contributed by atoms with Crippen LogP contribution in [-0.4, -0.2) is 29.0 Å². The zero-order chi connectivity index (χ0) is 14.9. The van der Waals surface area contributed by atoms with Gasteiger partial charge >= 0.3 is 0 Å². The van der Waals surface area contributed by atoms with Crippen molar-refractivity contribution in [3.8, 4) is 5.75 Å². The summed E-state index contributed by atoms with van der Waals surface area (Å²) in [6, 6.07) is 4.76. The molecule has 0 radical (unpaired) electrons. The van der Waals surface area contributed by atoms with Crippen LogP contribution in [-0.2, 0) is 0 Å². The lowest BCUT2D eigenvalue weighted by Crippen LogP contribution is -2.43. The monoisotopic (exact) mass is 288 g/mol. The van der Waals surface area contributed by atoms with Crippen LogP contribution in [0.4, 0.5) is 5.69 Å². The Balaban J connectivity index is 1.65. The van der Waals surface area contributed by atoms with Crippen LogP contribution < -0.4 is 5.73 Å². The number of likely N-dealkylation sites (tertiary alicyclic amines) is 1. The third kappa shape index (κ3) is 2.85. The smallest absolute Gasteiger partial charge is 0.253 e. The maximum Gasteiger partial charge on any atom is 0.253 e. The first-order chi connectivity index (χ1) is 10.1. The highest BCUT2D eigenvalue weighted by Crippen LogP contribution is 2.44. The molecule has 1 aromatic carbocycles. The maximum atomic E-state index is 12.5. The van der Waals surface area contributed by atoms with E-state index in [0.717, 1.165) is 25.9 Å². The summed E-state index contributed by atoms with van der Waals surface area (Å²) in [5.41, 5.74) is 6.92. The first-order valence-electron chi connectivity index (χ1n) is 7.97. The molecule has 1 aliphatic carbocycles. The number of nitrogens with zero attached hydrogens (tertiary/aromatic N) is 1. The lowest BCUT2D eigenvalue weighted by atomic mass is 9.68. The molecule has 1 aromatic rings. The van der Waals surface area contributed by atoms with E-state index in [0.29, 0.717) is 16.7 Å². The fraction of sp³-hybridized carbons (Fsp3) is 0.588. The van der Waals surface area contributed by atoms with Crippen molar-refractivity contribution in [1.82, 2.24) is 4.90 Å². The molecular formula is C17H24N2O2. The number of phenolic OH excluding ortho intramolecular Hbond substituents is 1. The van der Waals surface area contributed by atoms with Gasteiger partial charge < -0.3 is 15.7 Å². The van der Waals surface area contributed by atoms with Crippen molar-refractivity contribution in [1.29, 1.82) is 0 Å². The van der Waals surface area contributed by atoms with E-state index < -0.39 is 0 Å². The number of nitrogens with two attached hydrogens (primary N) is 1. The molecule has 3 rings (SSSR count). The van der Waals surface area contributed by atoms with Crippen molar-refractivity contribution in [2.45, 2.75) is 44.9 Å². The zero-order valence-corrected chi connectivity index (χ0v) is 12.5. The molecule has 1 amide bonds. The zero-order valence-electron chi connectivity index (χ0n) is 12.5. The van der Waals surface area contributed by atoms with Gasteiger partial charge in [0.25, 0.3) is 5.91 Å². The minimum atomic E-state index is -0.0124. The summed E-state index contributed by atoms with van der Waals surface area (Å²) in [4.78, 5) is 14.4. The number of carbonyl (C=O) groups excluding carboxylic acids is 1. The summed E-state index contributed by atoms with van der Waals surface area (Å²) in [5, 5.41) is 9.65. The van der Waals surface area contributed by atoms with E-state index in [1.807, 2.05) is 4.90 Å². The summed E-state index contributed by atoms with van der Waals surface area (Å²) >= 11 is 0. The Hall–Kier alpha value is -1.71. The van der Waals surface area contributed by atoms with Crippen LogP contribution in [0.3, 0.4) is 0 Å². The molecule has 0 aromatic heterocycles. The van der Waals surface area contributed by atoms with Crippen LogP contribution in [0.15, 0.2) is 18.2 Å². The lowest BCUT2D eigenvalue weighted by molar-refractivity contribution is 0.0471. The van der Waals surface area contributed by atoms with Gasteiger partial charge in [0.1, 0.15) is 5.75 Å². The summed E-state index contributed by atoms with van der Waals surface area (Å²) < 4.78 is 0. The Labute approximate surface area is 125 Å². The highest BCUT2D eigenvalue weighted by Gasteiger charge is 2.36. The molecule has 0 atom stereocenters. The van der Waals surface area contributed by atoms with Gasteiger partial charge in [-0.3, -0.25) is 4.79 Å². The molecule has 4 heteroatoms. The van der Waals surface area contributed by atoms with Gasteiger partial charge in [-0.2, -0.15) is 0 Å². The van der Waals surface area contributed by atoms with E-state index in [1.165, 1.54) is 38.2 Å². The van der Waals surface area contributed by atoms with Gasteiger partial charge in [0.2, 0.25) is 0 Å². The molecule has 0 bridgehead atoms. The number of aromatic hydroxyl groups is 1. The number of benzene rings is 1. The van der Waals surface area contributed by atoms with Crippen LogP contribution in [0.1, 0.15) is 55.3 Å².